The zero-order valence-electron chi connectivity index (χ0n) is 7.20. The van der Waals surface area contributed by atoms with Crippen molar-refractivity contribution in [1.29, 1.82) is 0 Å². The number of hydroxylamine groups is 2. The van der Waals surface area contributed by atoms with E-state index in [1.807, 2.05) is 6.08 Å². The Hall–Kier alpha value is -0.380. The third-order valence-electron chi connectivity index (χ3n) is 1.27. The monoisotopic (exact) mass is 159 g/mol. The van der Waals surface area contributed by atoms with E-state index in [1.165, 1.54) is 0 Å². The lowest BCUT2D eigenvalue weighted by molar-refractivity contribution is -0.0649. The number of rotatable bonds is 5. The highest BCUT2D eigenvalue weighted by Crippen LogP contribution is 1.93. The first-order valence-electron chi connectivity index (χ1n) is 3.87. The molecule has 0 aliphatic heterocycles. The van der Waals surface area contributed by atoms with Crippen LogP contribution in [0.2, 0.25) is 0 Å². The second kappa shape index (κ2) is 6.34. The third-order valence-corrected chi connectivity index (χ3v) is 1.27. The Labute approximate surface area is 67.9 Å². The van der Waals surface area contributed by atoms with Gasteiger partial charge in [0.15, 0.2) is 0 Å². The topological polar surface area (TPSA) is 43.7 Å². The van der Waals surface area contributed by atoms with Crippen LogP contribution in [-0.2, 0) is 0 Å². The van der Waals surface area contributed by atoms with Crippen LogP contribution < -0.4 is 0 Å². The van der Waals surface area contributed by atoms with E-state index in [1.54, 1.807) is 20.0 Å². The van der Waals surface area contributed by atoms with E-state index in [9.17, 15) is 0 Å². The van der Waals surface area contributed by atoms with Crippen LogP contribution in [0, 0.1) is 0 Å². The maximum atomic E-state index is 8.81. The lowest BCUT2D eigenvalue weighted by Crippen LogP contribution is -2.13. The molecular formula is C8H17NO2. The fourth-order valence-electron chi connectivity index (χ4n) is 0.731. The van der Waals surface area contributed by atoms with Crippen molar-refractivity contribution in [2.75, 3.05) is 13.6 Å². The standard InChI is InChI=1S/C8H17NO2/c1-8(10)6-4-3-5-7-9(2)11/h4,6,8,10-11H,3,5,7H2,1-2H3/b6-4-/t8-/m0/s1. The Morgan fingerprint density at radius 2 is 2.18 bits per heavy atom. The molecule has 0 aliphatic rings. The molecule has 0 fully saturated rings. The molecule has 0 saturated carbocycles. The molecule has 0 aromatic heterocycles. The molecule has 0 spiro atoms. The van der Waals surface area contributed by atoms with Crippen LogP contribution in [0.15, 0.2) is 12.2 Å². The van der Waals surface area contributed by atoms with Gasteiger partial charge in [0.05, 0.1) is 6.10 Å². The highest BCUT2D eigenvalue weighted by molar-refractivity contribution is 4.85. The molecule has 3 nitrogen and oxygen atoms in total. The molecule has 66 valence electrons. The fourth-order valence-corrected chi connectivity index (χ4v) is 0.731. The van der Waals surface area contributed by atoms with E-state index in [4.69, 9.17) is 10.3 Å². The summed E-state index contributed by atoms with van der Waals surface area (Å²) in [6.07, 6.45) is 5.12. The van der Waals surface area contributed by atoms with Crippen LogP contribution in [0.4, 0.5) is 0 Å². The van der Waals surface area contributed by atoms with E-state index in [0.717, 1.165) is 17.9 Å². The molecule has 0 aromatic rings. The van der Waals surface area contributed by atoms with Gasteiger partial charge in [-0.2, -0.15) is 5.06 Å². The fraction of sp³-hybridized carbons (Fsp3) is 0.750. The molecule has 0 amide bonds. The van der Waals surface area contributed by atoms with E-state index in [0.29, 0.717) is 6.54 Å². The largest absolute Gasteiger partial charge is 0.389 e. The van der Waals surface area contributed by atoms with Gasteiger partial charge in [-0.3, -0.25) is 0 Å². The van der Waals surface area contributed by atoms with Crippen molar-refractivity contribution in [3.05, 3.63) is 12.2 Å². The van der Waals surface area contributed by atoms with E-state index in [-0.39, 0.29) is 6.10 Å². The summed E-state index contributed by atoms with van der Waals surface area (Å²) < 4.78 is 0. The van der Waals surface area contributed by atoms with Crippen molar-refractivity contribution < 1.29 is 10.3 Å². The average molecular weight is 159 g/mol. The van der Waals surface area contributed by atoms with Gasteiger partial charge in [0.25, 0.3) is 0 Å². The van der Waals surface area contributed by atoms with Gasteiger partial charge >= 0.3 is 0 Å². The molecular weight excluding hydrogens is 142 g/mol. The Balaban J connectivity index is 3.14. The lowest BCUT2D eigenvalue weighted by Gasteiger charge is -2.04. The number of hydrogen-bond donors (Lipinski definition) is 2. The predicted octanol–water partition coefficient (Wildman–Crippen LogP) is 1.02. The van der Waals surface area contributed by atoms with Crippen LogP contribution in [0.1, 0.15) is 19.8 Å². The Morgan fingerprint density at radius 3 is 2.64 bits per heavy atom. The summed E-state index contributed by atoms with van der Waals surface area (Å²) in [5, 5.41) is 18.7. The Morgan fingerprint density at radius 1 is 1.55 bits per heavy atom. The predicted molar refractivity (Wildman–Crippen MR) is 44.5 cm³/mol. The van der Waals surface area contributed by atoms with Crippen molar-refractivity contribution in [3.63, 3.8) is 0 Å². The van der Waals surface area contributed by atoms with Crippen molar-refractivity contribution in [2.45, 2.75) is 25.9 Å². The van der Waals surface area contributed by atoms with E-state index in [2.05, 4.69) is 0 Å². The molecule has 3 heteroatoms. The van der Waals surface area contributed by atoms with Gasteiger partial charge in [-0.05, 0) is 19.8 Å². The molecule has 0 aromatic carbocycles. The molecule has 0 unspecified atom stereocenters. The van der Waals surface area contributed by atoms with Crippen molar-refractivity contribution >= 4 is 0 Å². The molecule has 0 aliphatic carbocycles. The zero-order chi connectivity index (χ0) is 8.69. The van der Waals surface area contributed by atoms with Gasteiger partial charge in [0.2, 0.25) is 0 Å². The number of aliphatic hydroxyl groups excluding tert-OH is 1. The minimum Gasteiger partial charge on any atom is -0.389 e. The van der Waals surface area contributed by atoms with Gasteiger partial charge in [-0.15, -0.1) is 0 Å². The van der Waals surface area contributed by atoms with Crippen LogP contribution in [0.3, 0.4) is 0 Å². The molecule has 0 heterocycles. The second-order valence-electron chi connectivity index (χ2n) is 2.69. The first-order valence-corrected chi connectivity index (χ1v) is 3.87. The van der Waals surface area contributed by atoms with Gasteiger partial charge in [-0.1, -0.05) is 12.2 Å². The molecule has 0 rings (SSSR count). The second-order valence-corrected chi connectivity index (χ2v) is 2.69. The molecule has 2 N–H and O–H groups in total. The van der Waals surface area contributed by atoms with Crippen LogP contribution in [0.25, 0.3) is 0 Å². The Kier molecular flexibility index (Phi) is 6.12. The maximum Gasteiger partial charge on any atom is 0.0692 e. The van der Waals surface area contributed by atoms with Gasteiger partial charge < -0.3 is 10.3 Å². The molecule has 0 radical (unpaired) electrons. The number of unbranched alkanes of at least 4 members (excludes halogenated alkanes) is 1. The molecule has 0 saturated heterocycles. The smallest absolute Gasteiger partial charge is 0.0692 e. The summed E-state index contributed by atoms with van der Waals surface area (Å²) in [6.45, 7) is 2.39. The number of aliphatic hydroxyl groups is 1. The summed E-state index contributed by atoms with van der Waals surface area (Å²) in [7, 11) is 1.62. The SMILES string of the molecule is C[C@H](O)/C=C\CCCN(C)O. The maximum absolute atomic E-state index is 8.81. The van der Waals surface area contributed by atoms with Crippen molar-refractivity contribution in [3.8, 4) is 0 Å². The van der Waals surface area contributed by atoms with Crippen LogP contribution in [0.5, 0.6) is 0 Å². The normalized spacial score (nSPS) is 14.6. The minimum absolute atomic E-state index is 0.359. The Bertz CT molecular complexity index is 111. The van der Waals surface area contributed by atoms with Crippen molar-refractivity contribution in [2.24, 2.45) is 0 Å². The summed E-state index contributed by atoms with van der Waals surface area (Å²) in [4.78, 5) is 0. The van der Waals surface area contributed by atoms with Gasteiger partial charge in [0.1, 0.15) is 0 Å². The third kappa shape index (κ3) is 9.62. The van der Waals surface area contributed by atoms with Gasteiger partial charge in [0, 0.05) is 13.6 Å². The van der Waals surface area contributed by atoms with Gasteiger partial charge in [-0.25, -0.2) is 0 Å². The number of hydrogen-bond acceptors (Lipinski definition) is 3. The molecule has 11 heavy (non-hydrogen) atoms. The lowest BCUT2D eigenvalue weighted by atomic mass is 10.2. The van der Waals surface area contributed by atoms with Crippen LogP contribution in [-0.4, -0.2) is 35.1 Å². The highest BCUT2D eigenvalue weighted by atomic mass is 16.5. The summed E-state index contributed by atoms with van der Waals surface area (Å²) in [5.74, 6) is 0. The number of nitrogens with zero attached hydrogens (tertiary/aromatic N) is 1. The summed E-state index contributed by atoms with van der Waals surface area (Å²) >= 11 is 0. The first-order chi connectivity index (χ1) is 5.13. The molecule has 0 bridgehead atoms. The summed E-state index contributed by atoms with van der Waals surface area (Å²) in [5.41, 5.74) is 0. The van der Waals surface area contributed by atoms with Crippen LogP contribution >= 0.6 is 0 Å². The van der Waals surface area contributed by atoms with E-state index >= 15 is 0 Å². The quantitative estimate of drug-likeness (QED) is 0.357. The average Bonchev–Trinajstić information content (AvgIpc) is 1.85. The highest BCUT2D eigenvalue weighted by Gasteiger charge is 1.89. The number of allylic oxidation sites excluding steroid dienone is 1. The first kappa shape index (κ1) is 10.6. The zero-order valence-corrected chi connectivity index (χ0v) is 7.20. The summed E-state index contributed by atoms with van der Waals surface area (Å²) in [6, 6.07) is 0. The minimum atomic E-state index is -0.359. The van der Waals surface area contributed by atoms with E-state index < -0.39 is 0 Å². The molecule has 1 atom stereocenters. The van der Waals surface area contributed by atoms with Crippen molar-refractivity contribution in [1.82, 2.24) is 5.06 Å².